The van der Waals surface area contributed by atoms with E-state index in [0.29, 0.717) is 0 Å². The molecule has 0 fully saturated rings. The van der Waals surface area contributed by atoms with Crippen LogP contribution in [0.4, 0.5) is 18.9 Å². The van der Waals surface area contributed by atoms with Crippen LogP contribution in [0.1, 0.15) is 32.2 Å². The van der Waals surface area contributed by atoms with Crippen molar-refractivity contribution in [3.8, 4) is 11.1 Å². The number of rotatable bonds is 2. The molecule has 1 aromatic heterocycles. The molecular weight excluding hydrogens is 299 g/mol. The van der Waals surface area contributed by atoms with Crippen molar-refractivity contribution in [2.45, 2.75) is 32.4 Å². The van der Waals surface area contributed by atoms with Gasteiger partial charge in [0.1, 0.15) is 5.69 Å². The van der Waals surface area contributed by atoms with Crippen LogP contribution in [0.25, 0.3) is 11.1 Å². The van der Waals surface area contributed by atoms with Crippen LogP contribution in [0.3, 0.4) is 0 Å². The minimum absolute atomic E-state index is 0.0742. The number of aromatic nitrogens is 2. The van der Waals surface area contributed by atoms with Gasteiger partial charge in [-0.25, -0.2) is 0 Å². The van der Waals surface area contributed by atoms with E-state index in [-0.39, 0.29) is 22.5 Å². The summed E-state index contributed by atoms with van der Waals surface area (Å²) in [6.07, 6.45) is -4.59. The fraction of sp³-hybridized carbons (Fsp3) is 0.357. The molecule has 0 bridgehead atoms. The molecule has 1 heterocycles. The lowest BCUT2D eigenvalue weighted by atomic mass is 9.86. The summed E-state index contributed by atoms with van der Waals surface area (Å²) in [6.45, 7) is 5.24. The molecule has 118 valence electrons. The Morgan fingerprint density at radius 1 is 1.14 bits per heavy atom. The van der Waals surface area contributed by atoms with Crippen molar-refractivity contribution in [1.82, 2.24) is 10.2 Å². The van der Waals surface area contributed by atoms with Gasteiger partial charge in [-0.05, 0) is 17.7 Å². The summed E-state index contributed by atoms with van der Waals surface area (Å²) in [4.78, 5) is 10.1. The second-order valence-electron chi connectivity index (χ2n) is 5.87. The van der Waals surface area contributed by atoms with Crippen LogP contribution < -0.4 is 0 Å². The zero-order valence-electron chi connectivity index (χ0n) is 12.2. The monoisotopic (exact) mass is 313 g/mol. The van der Waals surface area contributed by atoms with Gasteiger partial charge < -0.3 is 0 Å². The van der Waals surface area contributed by atoms with E-state index in [0.717, 1.165) is 0 Å². The van der Waals surface area contributed by atoms with Crippen LogP contribution in [0.5, 0.6) is 0 Å². The molecule has 0 saturated heterocycles. The Balaban J connectivity index is 2.66. The summed E-state index contributed by atoms with van der Waals surface area (Å²) in [7, 11) is 0. The Morgan fingerprint density at radius 3 is 2.09 bits per heavy atom. The molecule has 2 rings (SSSR count). The van der Waals surface area contributed by atoms with Gasteiger partial charge >= 0.3 is 6.18 Å². The van der Waals surface area contributed by atoms with E-state index in [1.807, 2.05) is 5.10 Å². The lowest BCUT2D eigenvalue weighted by molar-refractivity contribution is -0.384. The number of nitro benzene ring substituents is 1. The van der Waals surface area contributed by atoms with E-state index in [4.69, 9.17) is 0 Å². The van der Waals surface area contributed by atoms with Gasteiger partial charge in [0.15, 0.2) is 0 Å². The minimum Gasteiger partial charge on any atom is -0.273 e. The number of hydrogen-bond acceptors (Lipinski definition) is 3. The molecule has 1 N–H and O–H groups in total. The first-order valence-corrected chi connectivity index (χ1v) is 6.42. The summed E-state index contributed by atoms with van der Waals surface area (Å²) in [5, 5.41) is 16.5. The molecular formula is C14H14F3N3O2. The third-order valence-corrected chi connectivity index (χ3v) is 3.13. The van der Waals surface area contributed by atoms with E-state index in [2.05, 4.69) is 5.10 Å². The largest absolute Gasteiger partial charge is 0.433 e. The molecule has 5 nitrogen and oxygen atoms in total. The maximum atomic E-state index is 13.2. The smallest absolute Gasteiger partial charge is 0.273 e. The van der Waals surface area contributed by atoms with Crippen LogP contribution in [0, 0.1) is 10.1 Å². The molecule has 0 aliphatic rings. The number of halogens is 3. The van der Waals surface area contributed by atoms with Crippen molar-refractivity contribution in [1.29, 1.82) is 0 Å². The first-order valence-electron chi connectivity index (χ1n) is 6.42. The van der Waals surface area contributed by atoms with E-state index in [9.17, 15) is 23.3 Å². The van der Waals surface area contributed by atoms with Crippen molar-refractivity contribution in [2.24, 2.45) is 0 Å². The molecule has 1 aromatic carbocycles. The van der Waals surface area contributed by atoms with E-state index in [1.165, 1.54) is 24.3 Å². The van der Waals surface area contributed by atoms with Crippen LogP contribution in [0.2, 0.25) is 0 Å². The number of nitrogens with zero attached hydrogens (tertiary/aromatic N) is 2. The molecule has 0 amide bonds. The van der Waals surface area contributed by atoms with Crippen molar-refractivity contribution < 1.29 is 18.1 Å². The molecule has 2 aromatic rings. The standard InChI is InChI=1S/C14H14F3N3O2/c1-13(2,3)11-10(12(19-18-11)14(15,16)17)8-4-6-9(7-5-8)20(21)22/h4-7H,1-3H3,(H,18,19). The van der Waals surface area contributed by atoms with Gasteiger partial charge in [0.2, 0.25) is 0 Å². The topological polar surface area (TPSA) is 71.8 Å². The Hall–Kier alpha value is -2.38. The summed E-state index contributed by atoms with van der Waals surface area (Å²) in [5.74, 6) is 0. The normalized spacial score (nSPS) is 12.5. The predicted octanol–water partition coefficient (Wildman–Crippen LogP) is 4.30. The highest BCUT2D eigenvalue weighted by atomic mass is 19.4. The fourth-order valence-electron chi connectivity index (χ4n) is 2.12. The Bertz CT molecular complexity index is 666. The van der Waals surface area contributed by atoms with Gasteiger partial charge in [0.25, 0.3) is 5.69 Å². The quantitative estimate of drug-likeness (QED) is 0.663. The number of H-pyrrole nitrogens is 1. The molecule has 0 radical (unpaired) electrons. The molecule has 8 heteroatoms. The Labute approximate surface area is 124 Å². The lowest BCUT2D eigenvalue weighted by Gasteiger charge is -2.18. The van der Waals surface area contributed by atoms with E-state index < -0.39 is 22.2 Å². The van der Waals surface area contributed by atoms with Gasteiger partial charge in [0.05, 0.1) is 10.6 Å². The molecule has 0 atom stereocenters. The SMILES string of the molecule is CC(C)(C)c1n[nH]c(C(F)(F)F)c1-c1ccc([N+](=O)[O-])cc1. The second kappa shape index (κ2) is 5.11. The van der Waals surface area contributed by atoms with Crippen LogP contribution >= 0.6 is 0 Å². The number of non-ortho nitro benzene ring substituents is 1. The number of aromatic amines is 1. The molecule has 0 aliphatic carbocycles. The summed E-state index contributed by atoms with van der Waals surface area (Å²) < 4.78 is 39.5. The van der Waals surface area contributed by atoms with Gasteiger partial charge in [-0.15, -0.1) is 0 Å². The van der Waals surface area contributed by atoms with Crippen LogP contribution in [-0.4, -0.2) is 15.1 Å². The van der Waals surface area contributed by atoms with Crippen molar-refractivity contribution in [2.75, 3.05) is 0 Å². The first-order chi connectivity index (χ1) is 10.0. The Kier molecular flexibility index (Phi) is 3.72. The number of nitrogens with one attached hydrogen (secondary N) is 1. The van der Waals surface area contributed by atoms with Gasteiger partial charge in [-0.2, -0.15) is 18.3 Å². The predicted molar refractivity (Wildman–Crippen MR) is 74.4 cm³/mol. The van der Waals surface area contributed by atoms with E-state index in [1.54, 1.807) is 20.8 Å². The molecule has 0 saturated carbocycles. The lowest BCUT2D eigenvalue weighted by Crippen LogP contribution is -2.14. The third kappa shape index (κ3) is 2.95. The number of nitro groups is 1. The van der Waals surface area contributed by atoms with Gasteiger partial charge in [-0.3, -0.25) is 15.2 Å². The summed E-state index contributed by atoms with van der Waals surface area (Å²) in [6, 6.07) is 4.95. The molecule has 0 aliphatic heterocycles. The summed E-state index contributed by atoms with van der Waals surface area (Å²) >= 11 is 0. The zero-order valence-corrected chi connectivity index (χ0v) is 12.2. The van der Waals surface area contributed by atoms with Crippen molar-refractivity contribution in [3.63, 3.8) is 0 Å². The van der Waals surface area contributed by atoms with Crippen LogP contribution in [-0.2, 0) is 11.6 Å². The fourth-order valence-corrected chi connectivity index (χ4v) is 2.12. The minimum atomic E-state index is -4.59. The second-order valence-corrected chi connectivity index (χ2v) is 5.87. The number of hydrogen-bond donors (Lipinski definition) is 1. The number of alkyl halides is 3. The van der Waals surface area contributed by atoms with Crippen LogP contribution in [0.15, 0.2) is 24.3 Å². The molecule has 22 heavy (non-hydrogen) atoms. The van der Waals surface area contributed by atoms with E-state index >= 15 is 0 Å². The summed E-state index contributed by atoms with van der Waals surface area (Å²) in [5.41, 5.74) is -1.33. The van der Waals surface area contributed by atoms with Crippen molar-refractivity contribution in [3.05, 3.63) is 45.8 Å². The maximum absolute atomic E-state index is 13.2. The average molecular weight is 313 g/mol. The number of benzene rings is 1. The highest BCUT2D eigenvalue weighted by molar-refractivity contribution is 5.71. The van der Waals surface area contributed by atoms with Crippen molar-refractivity contribution >= 4 is 5.69 Å². The molecule has 0 spiro atoms. The maximum Gasteiger partial charge on any atom is 0.433 e. The van der Waals surface area contributed by atoms with Gasteiger partial charge in [0, 0.05) is 23.1 Å². The highest BCUT2D eigenvalue weighted by Gasteiger charge is 2.39. The van der Waals surface area contributed by atoms with Gasteiger partial charge in [-0.1, -0.05) is 20.8 Å². The zero-order chi connectivity index (χ0) is 16.7. The highest BCUT2D eigenvalue weighted by Crippen LogP contribution is 2.41. The third-order valence-electron chi connectivity index (χ3n) is 3.13. The average Bonchev–Trinajstić information content (AvgIpc) is 2.83. The molecule has 0 unspecified atom stereocenters. The first kappa shape index (κ1) is 16.0. The Morgan fingerprint density at radius 2 is 1.68 bits per heavy atom.